The number of hydrogen-bond donors (Lipinski definition) is 1. The van der Waals surface area contributed by atoms with Crippen LogP contribution in [0.3, 0.4) is 0 Å². The molecule has 1 saturated carbocycles. The van der Waals surface area contributed by atoms with Gasteiger partial charge in [-0.2, -0.15) is 4.98 Å². The predicted octanol–water partition coefficient (Wildman–Crippen LogP) is 3.02. The molecule has 3 rings (SSSR count). The van der Waals surface area contributed by atoms with E-state index in [0.717, 1.165) is 18.1 Å². The van der Waals surface area contributed by atoms with Crippen molar-refractivity contribution in [2.45, 2.75) is 51.8 Å². The fourth-order valence-corrected chi connectivity index (χ4v) is 2.00. The average molecular weight is 287 g/mol. The molecular formula is C16H21N3O2. The van der Waals surface area contributed by atoms with Gasteiger partial charge < -0.3 is 14.6 Å². The fourth-order valence-electron chi connectivity index (χ4n) is 2.00. The average Bonchev–Trinajstić information content (AvgIpc) is 3.23. The molecule has 1 fully saturated rings. The normalized spacial score (nSPS) is 14.6. The summed E-state index contributed by atoms with van der Waals surface area (Å²) in [6.07, 6.45) is 2.34. The lowest BCUT2D eigenvalue weighted by Gasteiger charge is -2.09. The molecule has 1 aromatic carbocycles. The van der Waals surface area contributed by atoms with Crippen molar-refractivity contribution < 1.29 is 9.26 Å². The zero-order valence-electron chi connectivity index (χ0n) is 12.5. The topological polar surface area (TPSA) is 60.2 Å². The highest BCUT2D eigenvalue weighted by molar-refractivity contribution is 5.27. The Morgan fingerprint density at radius 1 is 1.29 bits per heavy atom. The summed E-state index contributed by atoms with van der Waals surface area (Å²) in [5.74, 6) is 2.69. The van der Waals surface area contributed by atoms with Crippen LogP contribution in [0.15, 0.2) is 28.8 Å². The summed E-state index contributed by atoms with van der Waals surface area (Å²) in [7, 11) is 0. The Balaban J connectivity index is 1.50. The third kappa shape index (κ3) is 4.04. The molecule has 0 radical (unpaired) electrons. The summed E-state index contributed by atoms with van der Waals surface area (Å²) < 4.78 is 10.8. The molecule has 0 atom stereocenters. The van der Waals surface area contributed by atoms with Gasteiger partial charge in [-0.1, -0.05) is 31.1 Å². The third-order valence-corrected chi connectivity index (χ3v) is 3.43. The van der Waals surface area contributed by atoms with Crippen molar-refractivity contribution in [1.29, 1.82) is 0 Å². The first-order valence-electron chi connectivity index (χ1n) is 7.48. The van der Waals surface area contributed by atoms with Crippen molar-refractivity contribution in [3.8, 4) is 5.75 Å². The molecule has 0 aliphatic heterocycles. The third-order valence-electron chi connectivity index (χ3n) is 3.43. The van der Waals surface area contributed by atoms with Crippen LogP contribution in [-0.2, 0) is 13.2 Å². The van der Waals surface area contributed by atoms with Gasteiger partial charge in [0.25, 0.3) is 5.89 Å². The van der Waals surface area contributed by atoms with Gasteiger partial charge in [-0.25, -0.2) is 0 Å². The van der Waals surface area contributed by atoms with Gasteiger partial charge in [0, 0.05) is 18.5 Å². The predicted molar refractivity (Wildman–Crippen MR) is 79.0 cm³/mol. The minimum Gasteiger partial charge on any atom is -0.484 e. The number of nitrogens with one attached hydrogen (secondary N) is 1. The zero-order valence-corrected chi connectivity index (χ0v) is 12.5. The van der Waals surface area contributed by atoms with Crippen molar-refractivity contribution in [2.75, 3.05) is 0 Å². The lowest BCUT2D eigenvalue weighted by molar-refractivity contribution is 0.242. The largest absolute Gasteiger partial charge is 0.484 e. The molecule has 0 bridgehead atoms. The molecule has 112 valence electrons. The zero-order chi connectivity index (χ0) is 14.7. The van der Waals surface area contributed by atoms with Crippen LogP contribution in [-0.4, -0.2) is 16.2 Å². The second-order valence-corrected chi connectivity index (χ2v) is 5.79. The van der Waals surface area contributed by atoms with Gasteiger partial charge in [0.15, 0.2) is 12.4 Å². The summed E-state index contributed by atoms with van der Waals surface area (Å²) in [6.45, 7) is 5.46. The minimum atomic E-state index is 0.323. The molecule has 0 unspecified atom stereocenters. The Morgan fingerprint density at radius 2 is 2.05 bits per heavy atom. The van der Waals surface area contributed by atoms with E-state index in [4.69, 9.17) is 9.26 Å². The fraction of sp³-hybridized carbons (Fsp3) is 0.500. The van der Waals surface area contributed by atoms with Crippen molar-refractivity contribution >= 4 is 0 Å². The number of aromatic nitrogens is 2. The Kier molecular flexibility index (Phi) is 4.20. The summed E-state index contributed by atoms with van der Waals surface area (Å²) in [5, 5.41) is 7.36. The first-order chi connectivity index (χ1) is 10.2. The van der Waals surface area contributed by atoms with Gasteiger partial charge in [-0.15, -0.1) is 0 Å². The Morgan fingerprint density at radius 3 is 2.71 bits per heavy atom. The quantitative estimate of drug-likeness (QED) is 0.848. The molecule has 21 heavy (non-hydrogen) atoms. The molecule has 1 N–H and O–H groups in total. The monoisotopic (exact) mass is 287 g/mol. The second-order valence-electron chi connectivity index (χ2n) is 5.79. The number of benzene rings is 1. The SMILES string of the molecule is CC(C)NCc1ccc(OCc2nc(C3CC3)no2)cc1. The van der Waals surface area contributed by atoms with Crippen molar-refractivity contribution in [1.82, 2.24) is 15.5 Å². The van der Waals surface area contributed by atoms with Crippen molar-refractivity contribution in [3.05, 3.63) is 41.5 Å². The van der Waals surface area contributed by atoms with E-state index >= 15 is 0 Å². The second kappa shape index (κ2) is 6.26. The van der Waals surface area contributed by atoms with Crippen LogP contribution in [0.2, 0.25) is 0 Å². The van der Waals surface area contributed by atoms with Crippen LogP contribution in [0.1, 0.15) is 49.9 Å². The molecule has 0 saturated heterocycles. The van der Waals surface area contributed by atoms with E-state index in [2.05, 4.69) is 41.4 Å². The van der Waals surface area contributed by atoms with Crippen LogP contribution in [0.25, 0.3) is 0 Å². The van der Waals surface area contributed by atoms with E-state index in [9.17, 15) is 0 Å². The van der Waals surface area contributed by atoms with Crippen LogP contribution < -0.4 is 10.1 Å². The van der Waals surface area contributed by atoms with Gasteiger partial charge in [-0.3, -0.25) is 0 Å². The molecule has 1 heterocycles. The smallest absolute Gasteiger partial charge is 0.264 e. The van der Waals surface area contributed by atoms with Crippen LogP contribution in [0.4, 0.5) is 0 Å². The highest BCUT2D eigenvalue weighted by Gasteiger charge is 2.28. The molecule has 0 amide bonds. The van der Waals surface area contributed by atoms with E-state index < -0.39 is 0 Å². The van der Waals surface area contributed by atoms with E-state index in [-0.39, 0.29) is 0 Å². The molecule has 1 aromatic heterocycles. The number of ether oxygens (including phenoxy) is 1. The first-order valence-corrected chi connectivity index (χ1v) is 7.48. The number of nitrogens with zero attached hydrogens (tertiary/aromatic N) is 2. The van der Waals surface area contributed by atoms with E-state index in [1.54, 1.807) is 0 Å². The summed E-state index contributed by atoms with van der Waals surface area (Å²) in [4.78, 5) is 4.34. The van der Waals surface area contributed by atoms with Crippen LogP contribution >= 0.6 is 0 Å². The van der Waals surface area contributed by atoms with Crippen molar-refractivity contribution in [3.63, 3.8) is 0 Å². The lowest BCUT2D eigenvalue weighted by Crippen LogP contribution is -2.21. The Bertz CT molecular complexity index is 573. The van der Waals surface area contributed by atoms with Gasteiger partial charge in [0.05, 0.1) is 0 Å². The maximum atomic E-state index is 5.67. The molecule has 2 aromatic rings. The van der Waals surface area contributed by atoms with E-state index in [0.29, 0.717) is 24.5 Å². The summed E-state index contributed by atoms with van der Waals surface area (Å²) in [5.41, 5.74) is 1.24. The van der Waals surface area contributed by atoms with Gasteiger partial charge in [-0.05, 0) is 30.5 Å². The minimum absolute atomic E-state index is 0.323. The molecular weight excluding hydrogens is 266 g/mol. The molecule has 0 spiro atoms. The first kappa shape index (κ1) is 14.1. The van der Waals surface area contributed by atoms with Gasteiger partial charge in [0.1, 0.15) is 5.75 Å². The maximum absolute atomic E-state index is 5.67. The number of hydrogen-bond acceptors (Lipinski definition) is 5. The lowest BCUT2D eigenvalue weighted by atomic mass is 10.2. The summed E-state index contributed by atoms with van der Waals surface area (Å²) in [6, 6.07) is 8.55. The number of rotatable bonds is 7. The molecule has 1 aliphatic carbocycles. The van der Waals surface area contributed by atoms with Crippen molar-refractivity contribution in [2.24, 2.45) is 0 Å². The summed E-state index contributed by atoms with van der Waals surface area (Å²) >= 11 is 0. The molecule has 5 heteroatoms. The highest BCUT2D eigenvalue weighted by atomic mass is 16.5. The Labute approximate surface area is 124 Å². The maximum Gasteiger partial charge on any atom is 0.264 e. The highest BCUT2D eigenvalue weighted by Crippen LogP contribution is 2.38. The van der Waals surface area contributed by atoms with Gasteiger partial charge in [0.2, 0.25) is 0 Å². The standard InChI is InChI=1S/C16H21N3O2/c1-11(2)17-9-12-3-7-14(8-4-12)20-10-15-18-16(19-21-15)13-5-6-13/h3-4,7-8,11,13,17H,5-6,9-10H2,1-2H3. The van der Waals surface area contributed by atoms with Crippen LogP contribution in [0, 0.1) is 0 Å². The van der Waals surface area contributed by atoms with E-state index in [1.165, 1.54) is 18.4 Å². The van der Waals surface area contributed by atoms with Crippen LogP contribution in [0.5, 0.6) is 5.75 Å². The van der Waals surface area contributed by atoms with E-state index in [1.807, 2.05) is 12.1 Å². The molecule has 1 aliphatic rings. The Hall–Kier alpha value is -1.88. The molecule has 5 nitrogen and oxygen atoms in total. The van der Waals surface area contributed by atoms with Gasteiger partial charge >= 0.3 is 0 Å².